The molecule has 1 aromatic rings. The maximum absolute atomic E-state index is 10.6. The van der Waals surface area contributed by atoms with Crippen molar-refractivity contribution >= 4 is 17.3 Å². The SMILES string of the molecule is Cc1nc(C(C)N2CCN(CC(=O)O)CC2)cs1. The third-order valence-corrected chi connectivity index (χ3v) is 4.17. The fraction of sp³-hybridized carbons (Fsp3) is 0.667. The average Bonchev–Trinajstić information content (AvgIpc) is 2.75. The van der Waals surface area contributed by atoms with Crippen molar-refractivity contribution in [1.29, 1.82) is 0 Å². The minimum Gasteiger partial charge on any atom is -0.480 e. The van der Waals surface area contributed by atoms with Crippen LogP contribution in [0.2, 0.25) is 0 Å². The van der Waals surface area contributed by atoms with E-state index in [1.807, 2.05) is 11.8 Å². The third-order valence-electron chi connectivity index (χ3n) is 3.38. The zero-order valence-electron chi connectivity index (χ0n) is 10.8. The van der Waals surface area contributed by atoms with Gasteiger partial charge in [0.15, 0.2) is 0 Å². The molecule has 1 N–H and O–H groups in total. The molecule has 1 aliphatic heterocycles. The topological polar surface area (TPSA) is 56.7 Å². The number of thiazole rings is 1. The molecule has 1 aromatic heterocycles. The molecule has 1 fully saturated rings. The Balaban J connectivity index is 1.87. The molecule has 1 saturated heterocycles. The molecular formula is C12H19N3O2S. The fourth-order valence-electron chi connectivity index (χ4n) is 2.26. The molecule has 2 heterocycles. The van der Waals surface area contributed by atoms with Crippen LogP contribution < -0.4 is 0 Å². The maximum Gasteiger partial charge on any atom is 0.317 e. The van der Waals surface area contributed by atoms with E-state index in [4.69, 9.17) is 5.11 Å². The quantitative estimate of drug-likeness (QED) is 0.890. The van der Waals surface area contributed by atoms with E-state index in [1.54, 1.807) is 11.3 Å². The number of aryl methyl sites for hydroxylation is 1. The standard InChI is InChI=1S/C12H19N3O2S/c1-9(11-8-18-10(2)13-11)15-5-3-14(4-6-15)7-12(16)17/h8-9H,3-7H2,1-2H3,(H,16,17). The van der Waals surface area contributed by atoms with Gasteiger partial charge in [0.2, 0.25) is 0 Å². The maximum atomic E-state index is 10.6. The van der Waals surface area contributed by atoms with Gasteiger partial charge >= 0.3 is 5.97 Å². The van der Waals surface area contributed by atoms with Crippen molar-refractivity contribution in [2.45, 2.75) is 19.9 Å². The van der Waals surface area contributed by atoms with Crippen molar-refractivity contribution in [3.8, 4) is 0 Å². The Labute approximate surface area is 111 Å². The molecule has 0 radical (unpaired) electrons. The van der Waals surface area contributed by atoms with Crippen LogP contribution in [0.1, 0.15) is 23.7 Å². The lowest BCUT2D eigenvalue weighted by Gasteiger charge is -2.36. The minimum atomic E-state index is -0.744. The molecule has 0 bridgehead atoms. The first-order valence-electron chi connectivity index (χ1n) is 6.16. The first kappa shape index (κ1) is 13.5. The van der Waals surface area contributed by atoms with Gasteiger partial charge in [-0.3, -0.25) is 14.6 Å². The number of nitrogens with zero attached hydrogens (tertiary/aromatic N) is 3. The number of aliphatic carboxylic acids is 1. The molecule has 18 heavy (non-hydrogen) atoms. The van der Waals surface area contributed by atoms with Crippen LogP contribution in [-0.2, 0) is 4.79 Å². The normalized spacial score (nSPS) is 19.9. The Morgan fingerprint density at radius 1 is 1.50 bits per heavy atom. The molecule has 100 valence electrons. The summed E-state index contributed by atoms with van der Waals surface area (Å²) in [6.07, 6.45) is 0. The molecule has 5 nitrogen and oxygen atoms in total. The average molecular weight is 269 g/mol. The molecule has 1 unspecified atom stereocenters. The van der Waals surface area contributed by atoms with Gasteiger partial charge in [-0.25, -0.2) is 4.98 Å². The first-order chi connectivity index (χ1) is 8.56. The van der Waals surface area contributed by atoms with E-state index < -0.39 is 5.97 Å². The van der Waals surface area contributed by atoms with Gasteiger partial charge < -0.3 is 5.11 Å². The highest BCUT2D eigenvalue weighted by Gasteiger charge is 2.24. The van der Waals surface area contributed by atoms with Crippen LogP contribution in [0.25, 0.3) is 0 Å². The number of aromatic nitrogens is 1. The summed E-state index contributed by atoms with van der Waals surface area (Å²) in [5, 5.41) is 12.0. The van der Waals surface area contributed by atoms with Crippen molar-refractivity contribution in [1.82, 2.24) is 14.8 Å². The van der Waals surface area contributed by atoms with E-state index in [-0.39, 0.29) is 6.54 Å². The lowest BCUT2D eigenvalue weighted by molar-refractivity contribution is -0.138. The summed E-state index contributed by atoms with van der Waals surface area (Å²) in [5.41, 5.74) is 1.13. The van der Waals surface area contributed by atoms with Gasteiger partial charge in [-0.05, 0) is 13.8 Å². The zero-order chi connectivity index (χ0) is 13.1. The Morgan fingerprint density at radius 3 is 2.67 bits per heavy atom. The van der Waals surface area contributed by atoms with Crippen LogP contribution in [0.3, 0.4) is 0 Å². The highest BCUT2D eigenvalue weighted by molar-refractivity contribution is 7.09. The molecule has 6 heteroatoms. The summed E-state index contributed by atoms with van der Waals surface area (Å²) < 4.78 is 0. The van der Waals surface area contributed by atoms with Crippen LogP contribution in [-0.4, -0.2) is 58.6 Å². The second-order valence-corrected chi connectivity index (χ2v) is 5.74. The summed E-state index contributed by atoms with van der Waals surface area (Å²) in [6.45, 7) is 7.79. The smallest absolute Gasteiger partial charge is 0.317 e. The monoisotopic (exact) mass is 269 g/mol. The zero-order valence-corrected chi connectivity index (χ0v) is 11.6. The lowest BCUT2D eigenvalue weighted by Crippen LogP contribution is -2.48. The van der Waals surface area contributed by atoms with Gasteiger partial charge in [0.1, 0.15) is 0 Å². The molecule has 0 saturated carbocycles. The summed E-state index contributed by atoms with van der Waals surface area (Å²) in [5.74, 6) is -0.744. The van der Waals surface area contributed by atoms with E-state index in [0.717, 1.165) is 36.9 Å². The summed E-state index contributed by atoms with van der Waals surface area (Å²) in [4.78, 5) is 19.5. The molecular weight excluding hydrogens is 250 g/mol. The molecule has 1 atom stereocenters. The summed E-state index contributed by atoms with van der Waals surface area (Å²) in [7, 11) is 0. The van der Waals surface area contributed by atoms with Crippen molar-refractivity contribution < 1.29 is 9.90 Å². The van der Waals surface area contributed by atoms with Crippen LogP contribution in [0, 0.1) is 6.92 Å². The molecule has 0 aromatic carbocycles. The van der Waals surface area contributed by atoms with E-state index in [9.17, 15) is 4.79 Å². The summed E-state index contributed by atoms with van der Waals surface area (Å²) >= 11 is 1.68. The van der Waals surface area contributed by atoms with E-state index >= 15 is 0 Å². The van der Waals surface area contributed by atoms with Crippen LogP contribution in [0.5, 0.6) is 0 Å². The third kappa shape index (κ3) is 3.28. The van der Waals surface area contributed by atoms with Gasteiger partial charge in [0.25, 0.3) is 0 Å². The molecule has 0 spiro atoms. The van der Waals surface area contributed by atoms with E-state index in [2.05, 4.69) is 22.2 Å². The first-order valence-corrected chi connectivity index (χ1v) is 7.04. The van der Waals surface area contributed by atoms with Gasteiger partial charge in [-0.1, -0.05) is 0 Å². The van der Waals surface area contributed by atoms with Crippen molar-refractivity contribution in [2.24, 2.45) is 0 Å². The van der Waals surface area contributed by atoms with Crippen LogP contribution in [0.15, 0.2) is 5.38 Å². The highest BCUT2D eigenvalue weighted by atomic mass is 32.1. The predicted octanol–water partition coefficient (Wildman–Crippen LogP) is 1.21. The van der Waals surface area contributed by atoms with Crippen molar-refractivity contribution in [2.75, 3.05) is 32.7 Å². The van der Waals surface area contributed by atoms with Crippen LogP contribution in [0.4, 0.5) is 0 Å². The fourth-order valence-corrected chi connectivity index (χ4v) is 2.96. The minimum absolute atomic E-state index is 0.151. The van der Waals surface area contributed by atoms with Gasteiger partial charge in [-0.2, -0.15) is 0 Å². The number of piperazine rings is 1. The highest BCUT2D eigenvalue weighted by Crippen LogP contribution is 2.22. The Morgan fingerprint density at radius 2 is 2.17 bits per heavy atom. The number of carboxylic acid groups (broad SMARTS) is 1. The number of hydrogen-bond acceptors (Lipinski definition) is 5. The number of hydrogen-bond donors (Lipinski definition) is 1. The molecule has 2 rings (SSSR count). The van der Waals surface area contributed by atoms with Gasteiger partial charge in [0, 0.05) is 31.6 Å². The second kappa shape index (κ2) is 5.77. The Hall–Kier alpha value is -0.980. The van der Waals surface area contributed by atoms with E-state index in [1.165, 1.54) is 0 Å². The van der Waals surface area contributed by atoms with Gasteiger partial charge in [-0.15, -0.1) is 11.3 Å². The number of carboxylic acids is 1. The predicted molar refractivity (Wildman–Crippen MR) is 70.9 cm³/mol. The largest absolute Gasteiger partial charge is 0.480 e. The van der Waals surface area contributed by atoms with Crippen LogP contribution >= 0.6 is 11.3 Å². The molecule has 0 amide bonds. The Kier molecular flexibility index (Phi) is 4.31. The van der Waals surface area contributed by atoms with Crippen molar-refractivity contribution in [3.05, 3.63) is 16.1 Å². The van der Waals surface area contributed by atoms with Crippen molar-refractivity contribution in [3.63, 3.8) is 0 Å². The number of rotatable bonds is 4. The molecule has 1 aliphatic rings. The Bertz CT molecular complexity index is 413. The summed E-state index contributed by atoms with van der Waals surface area (Å²) in [6, 6.07) is 0.321. The second-order valence-electron chi connectivity index (χ2n) is 4.67. The van der Waals surface area contributed by atoms with E-state index in [0.29, 0.717) is 6.04 Å². The number of carbonyl (C=O) groups is 1. The lowest BCUT2D eigenvalue weighted by atomic mass is 10.2. The van der Waals surface area contributed by atoms with Gasteiger partial charge in [0.05, 0.1) is 23.3 Å². The molecule has 0 aliphatic carbocycles.